The molecule has 0 saturated carbocycles. The molecule has 1 fully saturated rings. The number of nitrogens with zero attached hydrogens (tertiary/aromatic N) is 2. The van der Waals surface area contributed by atoms with Gasteiger partial charge < -0.3 is 9.80 Å². The monoisotopic (exact) mass is 398 g/mol. The fourth-order valence-corrected chi connectivity index (χ4v) is 4.79. The largest absolute Gasteiger partial charge is 0.348 e. The fraction of sp³-hybridized carbons (Fsp3) is 0.478. The van der Waals surface area contributed by atoms with Crippen molar-refractivity contribution in [2.24, 2.45) is 11.3 Å². The van der Waals surface area contributed by atoms with Gasteiger partial charge in [0.05, 0.1) is 5.41 Å². The molecule has 2 heterocycles. The van der Waals surface area contributed by atoms with E-state index in [4.69, 9.17) is 0 Å². The lowest BCUT2D eigenvalue weighted by Crippen LogP contribution is -2.44. The van der Waals surface area contributed by atoms with E-state index in [0.717, 1.165) is 12.0 Å². The fourth-order valence-electron chi connectivity index (χ4n) is 4.05. The van der Waals surface area contributed by atoms with Crippen molar-refractivity contribution in [1.29, 1.82) is 0 Å². The summed E-state index contributed by atoms with van der Waals surface area (Å²) in [7, 11) is 3.62. The first-order valence-electron chi connectivity index (χ1n) is 9.93. The minimum Gasteiger partial charge on any atom is -0.348 e. The number of carbonyl (C=O) groups is 2. The number of amides is 2. The summed E-state index contributed by atoms with van der Waals surface area (Å²) in [6.45, 7) is 5.29. The third kappa shape index (κ3) is 4.46. The van der Waals surface area contributed by atoms with Gasteiger partial charge in [-0.1, -0.05) is 44.2 Å². The van der Waals surface area contributed by atoms with Crippen LogP contribution in [-0.2, 0) is 16.0 Å². The average Bonchev–Trinajstić information content (AvgIpc) is 3.32. The predicted molar refractivity (Wildman–Crippen MR) is 115 cm³/mol. The van der Waals surface area contributed by atoms with Gasteiger partial charge in [-0.2, -0.15) is 0 Å². The maximum atomic E-state index is 13.1. The summed E-state index contributed by atoms with van der Waals surface area (Å²) in [6.07, 6.45) is 1.93. The van der Waals surface area contributed by atoms with Crippen LogP contribution in [0, 0.1) is 11.3 Å². The molecule has 0 N–H and O–H groups in total. The maximum absolute atomic E-state index is 13.1. The molecular formula is C23H30N2O2S. The van der Waals surface area contributed by atoms with Crippen LogP contribution in [0.25, 0.3) is 10.4 Å². The second-order valence-corrected chi connectivity index (χ2v) is 9.44. The van der Waals surface area contributed by atoms with E-state index in [-0.39, 0.29) is 11.8 Å². The average molecular weight is 399 g/mol. The Bertz CT molecular complexity index is 812. The van der Waals surface area contributed by atoms with Crippen LogP contribution in [-0.4, -0.2) is 48.8 Å². The molecule has 4 nitrogen and oxygen atoms in total. The standard InChI is InChI=1S/C23H30N2O2S/c1-17(2)14-21(26)25-12-11-23(16-25,22(27)24(3)4)15-18-7-9-19(10-8-18)20-6-5-13-28-20/h5-10,13,17H,11-12,14-16H2,1-4H3. The Morgan fingerprint density at radius 2 is 1.89 bits per heavy atom. The van der Waals surface area contributed by atoms with E-state index in [0.29, 0.717) is 31.8 Å². The summed E-state index contributed by atoms with van der Waals surface area (Å²) < 4.78 is 0. The van der Waals surface area contributed by atoms with Gasteiger partial charge in [0.15, 0.2) is 0 Å². The topological polar surface area (TPSA) is 40.6 Å². The van der Waals surface area contributed by atoms with Crippen molar-refractivity contribution in [1.82, 2.24) is 9.80 Å². The molecule has 1 aromatic carbocycles. The number of benzene rings is 1. The molecule has 28 heavy (non-hydrogen) atoms. The Kier molecular flexibility index (Phi) is 6.23. The van der Waals surface area contributed by atoms with Crippen molar-refractivity contribution < 1.29 is 9.59 Å². The number of thiophene rings is 1. The van der Waals surface area contributed by atoms with Crippen LogP contribution < -0.4 is 0 Å². The maximum Gasteiger partial charge on any atom is 0.230 e. The van der Waals surface area contributed by atoms with E-state index in [1.165, 1.54) is 10.4 Å². The van der Waals surface area contributed by atoms with Gasteiger partial charge in [0.1, 0.15) is 0 Å². The van der Waals surface area contributed by atoms with Crippen LogP contribution in [0.2, 0.25) is 0 Å². The van der Waals surface area contributed by atoms with Crippen molar-refractivity contribution in [3.8, 4) is 10.4 Å². The highest BCUT2D eigenvalue weighted by molar-refractivity contribution is 7.13. The molecule has 2 amide bonds. The number of hydrogen-bond acceptors (Lipinski definition) is 3. The van der Waals surface area contributed by atoms with Gasteiger partial charge in [-0.3, -0.25) is 9.59 Å². The molecule has 0 spiro atoms. The van der Waals surface area contributed by atoms with E-state index >= 15 is 0 Å². The Morgan fingerprint density at radius 3 is 2.46 bits per heavy atom. The Balaban J connectivity index is 1.79. The zero-order valence-corrected chi connectivity index (χ0v) is 18.1. The van der Waals surface area contributed by atoms with Crippen LogP contribution in [0.15, 0.2) is 41.8 Å². The van der Waals surface area contributed by atoms with Crippen molar-refractivity contribution >= 4 is 23.2 Å². The molecule has 0 radical (unpaired) electrons. The summed E-state index contributed by atoms with van der Waals surface area (Å²) in [5.74, 6) is 0.614. The van der Waals surface area contributed by atoms with Crippen molar-refractivity contribution in [2.75, 3.05) is 27.2 Å². The molecule has 1 aliphatic rings. The Labute approximate surface area is 172 Å². The van der Waals surface area contributed by atoms with E-state index in [1.54, 1.807) is 16.2 Å². The number of likely N-dealkylation sites (tertiary alicyclic amines) is 1. The van der Waals surface area contributed by atoms with Gasteiger partial charge >= 0.3 is 0 Å². The van der Waals surface area contributed by atoms with E-state index in [9.17, 15) is 9.59 Å². The van der Waals surface area contributed by atoms with E-state index in [1.807, 2.05) is 19.0 Å². The highest BCUT2D eigenvalue weighted by Crippen LogP contribution is 2.37. The molecule has 2 aromatic rings. The molecule has 0 aliphatic carbocycles. The molecule has 1 saturated heterocycles. The van der Waals surface area contributed by atoms with E-state index in [2.05, 4.69) is 55.6 Å². The summed E-state index contributed by atoms with van der Waals surface area (Å²) in [5, 5.41) is 2.08. The molecule has 1 aromatic heterocycles. The van der Waals surface area contributed by atoms with Crippen LogP contribution in [0.5, 0.6) is 0 Å². The van der Waals surface area contributed by atoms with Gasteiger partial charge in [-0.25, -0.2) is 0 Å². The van der Waals surface area contributed by atoms with E-state index < -0.39 is 5.41 Å². The quantitative estimate of drug-likeness (QED) is 0.727. The Hall–Kier alpha value is -2.14. The molecule has 1 atom stereocenters. The van der Waals surface area contributed by atoms with Crippen LogP contribution in [0.4, 0.5) is 0 Å². The van der Waals surface area contributed by atoms with Gasteiger partial charge in [0.25, 0.3) is 0 Å². The lowest BCUT2D eigenvalue weighted by Gasteiger charge is -2.31. The third-order valence-electron chi connectivity index (χ3n) is 5.45. The van der Waals surface area contributed by atoms with Gasteiger partial charge in [-0.05, 0) is 41.3 Å². The molecule has 150 valence electrons. The van der Waals surface area contributed by atoms with Gasteiger partial charge in [-0.15, -0.1) is 11.3 Å². The highest BCUT2D eigenvalue weighted by atomic mass is 32.1. The number of rotatable bonds is 6. The van der Waals surface area contributed by atoms with Crippen LogP contribution in [0.1, 0.15) is 32.3 Å². The van der Waals surface area contributed by atoms with Gasteiger partial charge in [0.2, 0.25) is 11.8 Å². The molecule has 5 heteroatoms. The minimum atomic E-state index is -0.527. The summed E-state index contributed by atoms with van der Waals surface area (Å²) >= 11 is 1.73. The molecular weight excluding hydrogens is 368 g/mol. The van der Waals surface area contributed by atoms with Crippen molar-refractivity contribution in [3.05, 3.63) is 47.3 Å². The van der Waals surface area contributed by atoms with Crippen LogP contribution >= 0.6 is 11.3 Å². The summed E-state index contributed by atoms with van der Waals surface area (Å²) in [6, 6.07) is 12.7. The molecule has 1 aliphatic heterocycles. The third-order valence-corrected chi connectivity index (χ3v) is 6.37. The minimum absolute atomic E-state index is 0.120. The second-order valence-electron chi connectivity index (χ2n) is 8.49. The predicted octanol–water partition coefficient (Wildman–Crippen LogP) is 4.31. The first kappa shape index (κ1) is 20.6. The second kappa shape index (κ2) is 8.48. The zero-order valence-electron chi connectivity index (χ0n) is 17.3. The Morgan fingerprint density at radius 1 is 1.18 bits per heavy atom. The smallest absolute Gasteiger partial charge is 0.230 e. The SMILES string of the molecule is CC(C)CC(=O)N1CCC(Cc2ccc(-c3cccs3)cc2)(C(=O)N(C)C)C1. The van der Waals surface area contributed by atoms with Crippen LogP contribution in [0.3, 0.4) is 0 Å². The lowest BCUT2D eigenvalue weighted by molar-refractivity contribution is -0.139. The summed E-state index contributed by atoms with van der Waals surface area (Å²) in [5.41, 5.74) is 1.82. The summed E-state index contributed by atoms with van der Waals surface area (Å²) in [4.78, 5) is 30.5. The zero-order chi connectivity index (χ0) is 20.3. The first-order valence-corrected chi connectivity index (χ1v) is 10.8. The molecule has 0 bridgehead atoms. The number of hydrogen-bond donors (Lipinski definition) is 0. The van der Waals surface area contributed by atoms with Crippen molar-refractivity contribution in [2.45, 2.75) is 33.1 Å². The first-order chi connectivity index (χ1) is 13.3. The number of carbonyl (C=O) groups excluding carboxylic acids is 2. The lowest BCUT2D eigenvalue weighted by atomic mass is 9.79. The molecule has 3 rings (SSSR count). The van der Waals surface area contributed by atoms with Gasteiger partial charge in [0, 0.05) is 38.5 Å². The molecule has 1 unspecified atom stereocenters. The van der Waals surface area contributed by atoms with Crippen molar-refractivity contribution in [3.63, 3.8) is 0 Å². The highest BCUT2D eigenvalue weighted by Gasteiger charge is 2.46. The normalized spacial score (nSPS) is 19.2.